The van der Waals surface area contributed by atoms with E-state index >= 15 is 0 Å². The average molecular weight is 445 g/mol. The number of carbonyl (C=O) groups excluding carboxylic acids is 1. The smallest absolute Gasteiger partial charge is 0.332 e. The van der Waals surface area contributed by atoms with Gasteiger partial charge in [0.05, 0.1) is 18.8 Å². The zero-order valence-electron chi connectivity index (χ0n) is 19.8. The van der Waals surface area contributed by atoms with Crippen molar-refractivity contribution in [3.63, 3.8) is 0 Å². The molecule has 28 heavy (non-hydrogen) atoms. The molecule has 1 fully saturated rings. The molecule has 0 N–H and O–H groups in total. The predicted molar refractivity (Wildman–Crippen MR) is 126 cm³/mol. The summed E-state index contributed by atoms with van der Waals surface area (Å²) in [7, 11) is -4.74. The summed E-state index contributed by atoms with van der Waals surface area (Å²) in [6.07, 6.45) is 4.68. The third-order valence-electron chi connectivity index (χ3n) is 7.35. The molecule has 1 aliphatic heterocycles. The van der Waals surface area contributed by atoms with Crippen molar-refractivity contribution in [2.45, 2.75) is 116 Å². The second kappa shape index (κ2) is 9.73. The Morgan fingerprint density at radius 2 is 1.79 bits per heavy atom. The molecule has 0 spiro atoms. The van der Waals surface area contributed by atoms with Crippen LogP contribution in [0.4, 0.5) is 0 Å². The van der Waals surface area contributed by atoms with Gasteiger partial charge in [-0.2, -0.15) is 0 Å². The van der Waals surface area contributed by atoms with Crippen molar-refractivity contribution in [1.29, 1.82) is 0 Å². The molecule has 4 nitrogen and oxygen atoms in total. The Balaban J connectivity index is 3.32. The van der Waals surface area contributed by atoms with Gasteiger partial charge in [-0.15, -0.1) is 0 Å². The van der Waals surface area contributed by atoms with E-state index in [1.807, 2.05) is 0 Å². The van der Waals surface area contributed by atoms with E-state index in [0.29, 0.717) is 0 Å². The Bertz CT molecular complexity index is 552. The minimum Gasteiger partial charge on any atom is -0.433 e. The molecular weight excluding hydrogens is 400 g/mol. The number of carbonyl (C=O) groups is 1. The molecule has 0 aliphatic carbocycles. The highest BCUT2D eigenvalue weighted by atomic mass is 29.6. The summed E-state index contributed by atoms with van der Waals surface area (Å²) in [6, 6.07) is 2.39. The number of esters is 1. The first-order chi connectivity index (χ1) is 12.8. The predicted octanol–water partition coefficient (Wildman–Crippen LogP) is 5.98. The maximum Gasteiger partial charge on any atom is 0.332 e. The van der Waals surface area contributed by atoms with Crippen molar-refractivity contribution >= 4 is 28.5 Å². The summed E-state index contributed by atoms with van der Waals surface area (Å²) in [4.78, 5) is 11.6. The maximum atomic E-state index is 11.6. The van der Waals surface area contributed by atoms with Crippen molar-refractivity contribution in [2.24, 2.45) is 0 Å². The van der Waals surface area contributed by atoms with Gasteiger partial charge in [0.25, 0.3) is 0 Å². The SMILES string of the molecule is C=CC(=O)OC(C)OC(CC)C1(CCC)C[Si](C)(C)[Si](C)(C)[Si](C)(CCC)O1. The van der Waals surface area contributed by atoms with E-state index < -0.39 is 34.8 Å². The molecule has 1 rings (SSSR count). The second-order valence-corrected chi connectivity index (χ2v) is 36.6. The maximum absolute atomic E-state index is 11.6. The van der Waals surface area contributed by atoms with Crippen molar-refractivity contribution in [1.82, 2.24) is 0 Å². The van der Waals surface area contributed by atoms with Crippen LogP contribution in [0, 0.1) is 0 Å². The first kappa shape index (κ1) is 25.8. The molecule has 0 radical (unpaired) electrons. The summed E-state index contributed by atoms with van der Waals surface area (Å²) in [5, 5.41) is 0. The van der Waals surface area contributed by atoms with E-state index in [0.717, 1.165) is 25.3 Å². The number of hydrogen-bond donors (Lipinski definition) is 0. The largest absolute Gasteiger partial charge is 0.433 e. The molecule has 1 heterocycles. The van der Waals surface area contributed by atoms with Crippen LogP contribution in [-0.4, -0.2) is 46.5 Å². The Morgan fingerprint density at radius 1 is 1.18 bits per heavy atom. The van der Waals surface area contributed by atoms with Gasteiger partial charge >= 0.3 is 5.97 Å². The number of ether oxygens (including phenoxy) is 2. The van der Waals surface area contributed by atoms with E-state index in [4.69, 9.17) is 13.9 Å². The fraction of sp³-hybridized carbons (Fsp3) is 0.857. The molecule has 7 heteroatoms. The zero-order chi connectivity index (χ0) is 21.8. The van der Waals surface area contributed by atoms with Crippen LogP contribution in [-0.2, 0) is 18.7 Å². The van der Waals surface area contributed by atoms with Gasteiger partial charge in [0.15, 0.2) is 7.83 Å². The van der Waals surface area contributed by atoms with E-state index in [1.54, 1.807) is 6.92 Å². The van der Waals surface area contributed by atoms with Gasteiger partial charge in [0, 0.05) is 13.7 Å². The first-order valence-corrected chi connectivity index (χ1v) is 21.9. The summed E-state index contributed by atoms with van der Waals surface area (Å²) in [5.74, 6) is -0.440. The van der Waals surface area contributed by atoms with Crippen molar-refractivity contribution in [2.75, 3.05) is 0 Å². The molecule has 0 aromatic rings. The Hall–Kier alpha value is -0.219. The Kier molecular flexibility index (Phi) is 8.97. The highest BCUT2D eigenvalue weighted by Gasteiger charge is 2.65. The van der Waals surface area contributed by atoms with Crippen molar-refractivity contribution < 1.29 is 18.7 Å². The number of rotatable bonds is 10. The van der Waals surface area contributed by atoms with Crippen LogP contribution in [0.25, 0.3) is 0 Å². The molecule has 0 saturated carbocycles. The lowest BCUT2D eigenvalue weighted by Crippen LogP contribution is -2.80. The number of hydrogen-bond acceptors (Lipinski definition) is 4. The van der Waals surface area contributed by atoms with Crippen LogP contribution in [0.3, 0.4) is 0 Å². The first-order valence-electron chi connectivity index (χ1n) is 11.0. The third-order valence-corrected chi connectivity index (χ3v) is 47.7. The highest BCUT2D eigenvalue weighted by molar-refractivity contribution is 7.67. The molecule has 1 saturated heterocycles. The molecule has 0 bridgehead atoms. The van der Waals surface area contributed by atoms with Gasteiger partial charge in [0.1, 0.15) is 0 Å². The average Bonchev–Trinajstić information content (AvgIpc) is 2.58. The fourth-order valence-corrected chi connectivity index (χ4v) is 38.0. The van der Waals surface area contributed by atoms with Crippen molar-refractivity contribution in [3.05, 3.63) is 12.7 Å². The van der Waals surface area contributed by atoms with Crippen molar-refractivity contribution in [3.8, 4) is 0 Å². The lowest BCUT2D eigenvalue weighted by molar-refractivity contribution is -0.204. The molecule has 1 aliphatic rings. The molecule has 0 aromatic carbocycles. The molecule has 0 amide bonds. The van der Waals surface area contributed by atoms with Crippen LogP contribution in [0.5, 0.6) is 0 Å². The molecule has 4 unspecified atom stereocenters. The highest BCUT2D eigenvalue weighted by Crippen LogP contribution is 2.50. The normalized spacial score (nSPS) is 31.0. The molecule has 4 atom stereocenters. The van der Waals surface area contributed by atoms with E-state index in [-0.39, 0.29) is 11.7 Å². The summed E-state index contributed by atoms with van der Waals surface area (Å²) < 4.78 is 19.0. The van der Waals surface area contributed by atoms with Gasteiger partial charge in [-0.3, -0.25) is 0 Å². The topological polar surface area (TPSA) is 44.8 Å². The standard InChI is InChI=1S/C21H44O4Si3/c1-11-15-21(19(13-3)23-18(5)24-20(22)14-4)17-26(6,7)27(8,9)28(10,25-21)16-12-2/h14,18-19H,4,11-13,15-17H2,1-3,5-10H3. The third kappa shape index (κ3) is 5.09. The van der Waals surface area contributed by atoms with E-state index in [2.05, 4.69) is 60.1 Å². The summed E-state index contributed by atoms with van der Waals surface area (Å²) in [5.41, 5.74) is -0.243. The molecular formula is C21H44O4Si3. The fourth-order valence-electron chi connectivity index (χ4n) is 5.10. The Labute approximate surface area is 176 Å². The van der Waals surface area contributed by atoms with E-state index in [1.165, 1.54) is 18.5 Å². The minimum atomic E-state index is -1.84. The van der Waals surface area contributed by atoms with Gasteiger partial charge in [-0.25, -0.2) is 4.79 Å². The lowest BCUT2D eigenvalue weighted by Gasteiger charge is -2.62. The quantitative estimate of drug-likeness (QED) is 0.180. The van der Waals surface area contributed by atoms with Gasteiger partial charge in [0.2, 0.25) is 6.29 Å². The van der Waals surface area contributed by atoms with Crippen LogP contribution in [0.2, 0.25) is 44.8 Å². The Morgan fingerprint density at radius 3 is 2.25 bits per heavy atom. The zero-order valence-corrected chi connectivity index (χ0v) is 22.8. The summed E-state index contributed by atoms with van der Waals surface area (Å²) >= 11 is 0. The lowest BCUT2D eigenvalue weighted by atomic mass is 9.91. The summed E-state index contributed by atoms with van der Waals surface area (Å²) in [6.45, 7) is 24.9. The van der Waals surface area contributed by atoms with Crippen LogP contribution in [0.15, 0.2) is 12.7 Å². The minimum absolute atomic E-state index is 0.0550. The monoisotopic (exact) mass is 444 g/mol. The van der Waals surface area contributed by atoms with Crippen LogP contribution < -0.4 is 0 Å². The van der Waals surface area contributed by atoms with Crippen LogP contribution in [0.1, 0.15) is 53.4 Å². The van der Waals surface area contributed by atoms with Gasteiger partial charge < -0.3 is 13.9 Å². The van der Waals surface area contributed by atoms with Gasteiger partial charge in [-0.1, -0.05) is 66.4 Å². The van der Waals surface area contributed by atoms with Crippen LogP contribution >= 0.6 is 0 Å². The second-order valence-electron chi connectivity index (χ2n) is 9.82. The van der Waals surface area contributed by atoms with Gasteiger partial charge in [-0.05, 0) is 38.4 Å². The van der Waals surface area contributed by atoms with E-state index in [9.17, 15) is 4.79 Å². The molecule has 0 aromatic heterocycles. The molecule has 164 valence electrons.